The zero-order valence-electron chi connectivity index (χ0n) is 12.4. The van der Waals surface area contributed by atoms with Crippen molar-refractivity contribution in [2.24, 2.45) is 0 Å². The lowest BCUT2D eigenvalue weighted by Crippen LogP contribution is -2.61. The van der Waals surface area contributed by atoms with Gasteiger partial charge in [0.15, 0.2) is 0 Å². The topological polar surface area (TPSA) is 26.3 Å². The largest absolute Gasteiger partial charge is 0.459 e. The van der Waals surface area contributed by atoms with Crippen molar-refractivity contribution in [2.75, 3.05) is 0 Å². The van der Waals surface area contributed by atoms with E-state index in [-0.39, 0.29) is 0 Å². The summed E-state index contributed by atoms with van der Waals surface area (Å²) in [6, 6.07) is 0. The van der Waals surface area contributed by atoms with Crippen LogP contribution in [0.4, 0.5) is 48.3 Å². The van der Waals surface area contributed by atoms with Crippen LogP contribution in [0, 0.1) is 0 Å². The summed E-state index contributed by atoms with van der Waals surface area (Å²) in [4.78, 5) is 11.2. The van der Waals surface area contributed by atoms with E-state index in [1.807, 2.05) is 0 Å². The van der Waals surface area contributed by atoms with E-state index >= 15 is 0 Å². The molecule has 2 rings (SSSR count). The van der Waals surface area contributed by atoms with Gasteiger partial charge in [0.2, 0.25) is 11.3 Å². The van der Waals surface area contributed by atoms with E-state index in [4.69, 9.17) is 0 Å². The van der Waals surface area contributed by atoms with Crippen molar-refractivity contribution in [3.63, 3.8) is 0 Å². The van der Waals surface area contributed by atoms with Gasteiger partial charge >= 0.3 is 29.9 Å². The molecule has 0 bridgehead atoms. The van der Waals surface area contributed by atoms with Crippen LogP contribution < -0.4 is 0 Å². The van der Waals surface area contributed by atoms with E-state index in [9.17, 15) is 53.1 Å². The van der Waals surface area contributed by atoms with Crippen molar-refractivity contribution in [2.45, 2.75) is 60.6 Å². The third-order valence-corrected chi connectivity index (χ3v) is 4.59. The average molecular weight is 406 g/mol. The second-order valence-electron chi connectivity index (χ2n) is 6.07. The van der Waals surface area contributed by atoms with Crippen LogP contribution in [0.2, 0.25) is 0 Å². The van der Waals surface area contributed by atoms with Gasteiger partial charge < -0.3 is 4.74 Å². The van der Waals surface area contributed by atoms with Crippen molar-refractivity contribution in [3.8, 4) is 0 Å². The highest BCUT2D eigenvalue weighted by atomic mass is 19.4. The number of alkyl halides is 11. The summed E-state index contributed by atoms with van der Waals surface area (Å²) in [5, 5.41) is 0. The standard InChI is InChI=1S/C13H9F11O2/c1-5(10(16,17)18)7(25)26-6-2-3-8(14)9(15,4-6)12(21,22)13(23,24)11(8,19)20/h6H,1-4H2. The number of carbonyl (C=O) groups is 1. The predicted molar refractivity (Wildman–Crippen MR) is 61.4 cm³/mol. The Morgan fingerprint density at radius 3 is 1.81 bits per heavy atom. The third-order valence-electron chi connectivity index (χ3n) is 4.59. The van der Waals surface area contributed by atoms with E-state index in [2.05, 4.69) is 11.3 Å². The number of ether oxygens (including phenoxy) is 1. The summed E-state index contributed by atoms with van der Waals surface area (Å²) < 4.78 is 151. The first kappa shape index (κ1) is 20.7. The number of fused-ring (bicyclic) bond motifs is 1. The first-order valence-corrected chi connectivity index (χ1v) is 6.85. The molecule has 2 saturated carbocycles. The van der Waals surface area contributed by atoms with Crippen LogP contribution in [0.15, 0.2) is 12.2 Å². The maximum atomic E-state index is 14.5. The van der Waals surface area contributed by atoms with Crippen molar-refractivity contribution in [1.29, 1.82) is 0 Å². The summed E-state index contributed by atoms with van der Waals surface area (Å²) >= 11 is 0. The van der Waals surface area contributed by atoms with Gasteiger partial charge in [-0.15, -0.1) is 0 Å². The summed E-state index contributed by atoms with van der Waals surface area (Å²) in [6.07, 6.45) is -12.9. The van der Waals surface area contributed by atoms with Crippen molar-refractivity contribution >= 4 is 5.97 Å². The van der Waals surface area contributed by atoms with Crippen LogP contribution in [0.3, 0.4) is 0 Å². The molecule has 0 saturated heterocycles. The quantitative estimate of drug-likeness (QED) is 0.383. The molecule has 26 heavy (non-hydrogen) atoms. The minimum Gasteiger partial charge on any atom is -0.459 e. The number of rotatable bonds is 2. The van der Waals surface area contributed by atoms with Crippen LogP contribution in [0.25, 0.3) is 0 Å². The molecular formula is C13H9F11O2. The van der Waals surface area contributed by atoms with Gasteiger partial charge in [0.25, 0.3) is 0 Å². The lowest BCUT2D eigenvalue weighted by atomic mass is 9.73. The fourth-order valence-corrected chi connectivity index (χ4v) is 3.05. The first-order valence-electron chi connectivity index (χ1n) is 6.85. The number of halogens is 11. The fourth-order valence-electron chi connectivity index (χ4n) is 3.05. The second-order valence-corrected chi connectivity index (χ2v) is 6.07. The summed E-state index contributed by atoms with van der Waals surface area (Å²) in [5.41, 5.74) is -12.3. The van der Waals surface area contributed by atoms with Crippen LogP contribution in [-0.2, 0) is 9.53 Å². The summed E-state index contributed by atoms with van der Waals surface area (Å²) in [5.74, 6) is -21.0. The van der Waals surface area contributed by atoms with Crippen molar-refractivity contribution < 1.29 is 57.8 Å². The minimum atomic E-state index is -6.40. The molecule has 13 heteroatoms. The van der Waals surface area contributed by atoms with Gasteiger partial charge in [-0.05, 0) is 12.8 Å². The zero-order chi connectivity index (χ0) is 20.6. The molecule has 0 aromatic carbocycles. The van der Waals surface area contributed by atoms with Crippen LogP contribution in [0.5, 0.6) is 0 Å². The molecule has 2 nitrogen and oxygen atoms in total. The molecule has 0 aromatic heterocycles. The molecule has 0 aliphatic heterocycles. The van der Waals surface area contributed by atoms with E-state index < -0.39 is 72.2 Å². The van der Waals surface area contributed by atoms with E-state index in [1.54, 1.807) is 0 Å². The minimum absolute atomic E-state index is 1.18. The fraction of sp³-hybridized carbons (Fsp3) is 0.769. The Labute approximate surface area is 138 Å². The molecule has 150 valence electrons. The Hall–Kier alpha value is -1.56. The van der Waals surface area contributed by atoms with E-state index in [0.29, 0.717) is 0 Å². The van der Waals surface area contributed by atoms with Crippen LogP contribution in [0.1, 0.15) is 19.3 Å². The maximum Gasteiger partial charge on any atom is 0.422 e. The van der Waals surface area contributed by atoms with Crippen molar-refractivity contribution in [3.05, 3.63) is 12.2 Å². The molecule has 0 spiro atoms. The van der Waals surface area contributed by atoms with Gasteiger partial charge in [0.05, 0.1) is 0 Å². The summed E-state index contributed by atoms with van der Waals surface area (Å²) in [7, 11) is 0. The molecule has 2 aliphatic rings. The lowest BCUT2D eigenvalue weighted by Gasteiger charge is -2.42. The van der Waals surface area contributed by atoms with Gasteiger partial charge in [0.1, 0.15) is 11.7 Å². The van der Waals surface area contributed by atoms with Gasteiger partial charge in [-0.1, -0.05) is 6.58 Å². The highest BCUT2D eigenvalue weighted by Crippen LogP contribution is 2.72. The Balaban J connectivity index is 2.34. The molecule has 0 N–H and O–H groups in total. The zero-order valence-corrected chi connectivity index (χ0v) is 12.4. The summed E-state index contributed by atoms with van der Waals surface area (Å²) in [6.45, 7) is 2.31. The Bertz CT molecular complexity index is 640. The van der Waals surface area contributed by atoms with Crippen molar-refractivity contribution in [1.82, 2.24) is 0 Å². The number of carbonyl (C=O) groups excluding carboxylic acids is 1. The Morgan fingerprint density at radius 1 is 0.885 bits per heavy atom. The van der Waals surface area contributed by atoms with Gasteiger partial charge in [-0.25, -0.2) is 13.6 Å². The monoisotopic (exact) mass is 406 g/mol. The van der Waals surface area contributed by atoms with E-state index in [0.717, 1.165) is 0 Å². The smallest absolute Gasteiger partial charge is 0.422 e. The molecule has 2 fully saturated rings. The number of hydrogen-bond donors (Lipinski definition) is 0. The van der Waals surface area contributed by atoms with E-state index in [1.165, 1.54) is 0 Å². The average Bonchev–Trinajstić information content (AvgIpc) is 2.53. The first-order chi connectivity index (χ1) is 11.4. The van der Waals surface area contributed by atoms with Gasteiger partial charge in [-0.2, -0.15) is 39.5 Å². The molecule has 3 atom stereocenters. The normalized spacial score (nSPS) is 37.7. The predicted octanol–water partition coefficient (Wildman–Crippen LogP) is 4.54. The molecule has 3 unspecified atom stereocenters. The Morgan fingerprint density at radius 2 is 1.35 bits per heavy atom. The molecule has 0 radical (unpaired) electrons. The lowest BCUT2D eigenvalue weighted by molar-refractivity contribution is -0.292. The van der Waals surface area contributed by atoms with Gasteiger partial charge in [0, 0.05) is 6.42 Å². The molecule has 0 amide bonds. The molecular weight excluding hydrogens is 397 g/mol. The number of hydrogen-bond acceptors (Lipinski definition) is 2. The molecule has 0 aromatic rings. The molecule has 2 aliphatic carbocycles. The Kier molecular flexibility index (Phi) is 4.19. The second kappa shape index (κ2) is 5.24. The van der Waals surface area contributed by atoms with Crippen LogP contribution >= 0.6 is 0 Å². The highest BCUT2D eigenvalue weighted by molar-refractivity contribution is 5.89. The third kappa shape index (κ3) is 2.20. The van der Waals surface area contributed by atoms with Crippen LogP contribution in [-0.4, -0.2) is 47.4 Å². The highest BCUT2D eigenvalue weighted by Gasteiger charge is 2.99. The van der Waals surface area contributed by atoms with Gasteiger partial charge in [-0.3, -0.25) is 0 Å². The molecule has 0 heterocycles. The maximum absolute atomic E-state index is 14.5. The SMILES string of the molecule is C=C(C(=O)OC1CCC2(F)C(F)(F)C(F)(F)C(F)(F)C2(F)C1)C(F)(F)F. The number of esters is 1.